The fourth-order valence-electron chi connectivity index (χ4n) is 3.07. The first-order valence-electron chi connectivity index (χ1n) is 6.85. The molecule has 1 fully saturated rings. The van der Waals surface area contributed by atoms with E-state index in [-0.39, 0.29) is 12.3 Å². The van der Waals surface area contributed by atoms with Gasteiger partial charge in [-0.05, 0) is 42.2 Å². The normalized spacial score (nSPS) is 22.7. The highest BCUT2D eigenvalue weighted by Gasteiger charge is 2.28. The molecule has 2 nitrogen and oxygen atoms in total. The largest absolute Gasteiger partial charge is 0.324 e. The van der Waals surface area contributed by atoms with Crippen LogP contribution in [-0.4, -0.2) is 12.3 Å². The van der Waals surface area contributed by atoms with E-state index in [9.17, 15) is 4.79 Å². The molecule has 0 spiro atoms. The minimum absolute atomic E-state index is 0.0342. The summed E-state index contributed by atoms with van der Waals surface area (Å²) in [4.78, 5) is 11.7. The predicted molar refractivity (Wildman–Crippen MR) is 74.8 cm³/mol. The predicted octanol–water partition coefficient (Wildman–Crippen LogP) is 3.51. The Morgan fingerprint density at radius 3 is 2.89 bits per heavy atom. The molecule has 1 aliphatic carbocycles. The van der Waals surface area contributed by atoms with Crippen molar-refractivity contribution in [3.8, 4) is 0 Å². The van der Waals surface area contributed by atoms with E-state index < -0.39 is 0 Å². The van der Waals surface area contributed by atoms with Crippen LogP contribution in [0.5, 0.6) is 0 Å². The SMILES string of the molecule is CC1(C)CCCC(c2cccc(C(=O)CN)c2)C1. The lowest BCUT2D eigenvalue weighted by Crippen LogP contribution is -2.21. The fourth-order valence-corrected chi connectivity index (χ4v) is 3.07. The van der Waals surface area contributed by atoms with Gasteiger partial charge in [0, 0.05) is 5.56 Å². The molecule has 0 bridgehead atoms. The number of Topliss-reactive ketones (excluding diaryl/α,β-unsaturated/α-hetero) is 1. The lowest BCUT2D eigenvalue weighted by molar-refractivity contribution is 0.100. The molecule has 2 heteroatoms. The topological polar surface area (TPSA) is 43.1 Å². The van der Waals surface area contributed by atoms with E-state index >= 15 is 0 Å². The maximum Gasteiger partial charge on any atom is 0.176 e. The van der Waals surface area contributed by atoms with E-state index in [2.05, 4.69) is 19.9 Å². The zero-order chi connectivity index (χ0) is 13.2. The summed E-state index contributed by atoms with van der Waals surface area (Å²) >= 11 is 0. The number of benzene rings is 1. The van der Waals surface area contributed by atoms with Gasteiger partial charge < -0.3 is 5.73 Å². The van der Waals surface area contributed by atoms with Crippen molar-refractivity contribution in [2.24, 2.45) is 11.1 Å². The molecular weight excluding hydrogens is 222 g/mol. The number of hydrogen-bond donors (Lipinski definition) is 1. The van der Waals surface area contributed by atoms with Crippen LogP contribution in [-0.2, 0) is 0 Å². The Morgan fingerprint density at radius 2 is 2.22 bits per heavy atom. The van der Waals surface area contributed by atoms with Gasteiger partial charge in [0.15, 0.2) is 5.78 Å². The maximum absolute atomic E-state index is 11.7. The molecule has 1 aromatic carbocycles. The van der Waals surface area contributed by atoms with Crippen molar-refractivity contribution >= 4 is 5.78 Å². The zero-order valence-electron chi connectivity index (χ0n) is 11.4. The molecule has 2 N–H and O–H groups in total. The molecule has 0 aromatic heterocycles. The maximum atomic E-state index is 11.7. The van der Waals surface area contributed by atoms with Crippen molar-refractivity contribution in [2.45, 2.75) is 45.4 Å². The first-order valence-corrected chi connectivity index (χ1v) is 6.85. The third-order valence-corrected chi connectivity index (χ3v) is 4.07. The quantitative estimate of drug-likeness (QED) is 0.828. The van der Waals surface area contributed by atoms with Crippen LogP contribution >= 0.6 is 0 Å². The first-order chi connectivity index (χ1) is 8.52. The average molecular weight is 245 g/mol. The molecule has 1 aliphatic rings. The molecule has 0 heterocycles. The van der Waals surface area contributed by atoms with Crippen LogP contribution in [0.4, 0.5) is 0 Å². The summed E-state index contributed by atoms with van der Waals surface area (Å²) in [6.45, 7) is 4.78. The number of rotatable bonds is 3. The Morgan fingerprint density at radius 1 is 1.44 bits per heavy atom. The van der Waals surface area contributed by atoms with E-state index in [0.29, 0.717) is 11.3 Å². The van der Waals surface area contributed by atoms with Crippen LogP contribution in [0.25, 0.3) is 0 Å². The second-order valence-corrected chi connectivity index (χ2v) is 6.21. The van der Waals surface area contributed by atoms with Gasteiger partial charge in [-0.2, -0.15) is 0 Å². The Labute approximate surface area is 110 Å². The van der Waals surface area contributed by atoms with Gasteiger partial charge in [0.2, 0.25) is 0 Å². The standard InChI is InChI=1S/C16H23NO/c1-16(2)8-4-7-14(10-16)12-5-3-6-13(9-12)15(18)11-17/h3,5-6,9,14H,4,7-8,10-11,17H2,1-2H3. The van der Waals surface area contributed by atoms with Crippen LogP contribution in [0.3, 0.4) is 0 Å². The highest BCUT2D eigenvalue weighted by atomic mass is 16.1. The van der Waals surface area contributed by atoms with Gasteiger partial charge in [-0.25, -0.2) is 0 Å². The van der Waals surface area contributed by atoms with Gasteiger partial charge in [-0.15, -0.1) is 0 Å². The summed E-state index contributed by atoms with van der Waals surface area (Å²) in [5, 5.41) is 0. The third kappa shape index (κ3) is 2.99. The van der Waals surface area contributed by atoms with Gasteiger partial charge in [-0.1, -0.05) is 38.5 Å². The molecule has 1 saturated carbocycles. The highest BCUT2D eigenvalue weighted by Crippen LogP contribution is 2.43. The summed E-state index contributed by atoms with van der Waals surface area (Å²) < 4.78 is 0. The Bertz CT molecular complexity index is 436. The van der Waals surface area contributed by atoms with Gasteiger partial charge in [-0.3, -0.25) is 4.79 Å². The molecule has 98 valence electrons. The summed E-state index contributed by atoms with van der Waals surface area (Å²) in [6, 6.07) is 8.05. The molecule has 18 heavy (non-hydrogen) atoms. The molecule has 1 unspecified atom stereocenters. The number of carbonyl (C=O) groups is 1. The van der Waals surface area contributed by atoms with E-state index in [0.717, 1.165) is 5.56 Å². The molecule has 2 rings (SSSR count). The summed E-state index contributed by atoms with van der Waals surface area (Å²) in [6.07, 6.45) is 5.05. The lowest BCUT2D eigenvalue weighted by atomic mass is 9.70. The van der Waals surface area contributed by atoms with Crippen LogP contribution in [0.15, 0.2) is 24.3 Å². The van der Waals surface area contributed by atoms with Gasteiger partial charge in [0.25, 0.3) is 0 Å². The number of ketones is 1. The van der Waals surface area contributed by atoms with E-state index in [1.54, 1.807) is 0 Å². The van der Waals surface area contributed by atoms with Gasteiger partial charge in [0.05, 0.1) is 6.54 Å². The van der Waals surface area contributed by atoms with E-state index in [4.69, 9.17) is 5.73 Å². The van der Waals surface area contributed by atoms with Crippen LogP contribution in [0.1, 0.15) is 61.4 Å². The second kappa shape index (κ2) is 5.23. The molecule has 0 radical (unpaired) electrons. The van der Waals surface area contributed by atoms with E-state index in [1.807, 2.05) is 18.2 Å². The average Bonchev–Trinajstić information content (AvgIpc) is 2.37. The Kier molecular flexibility index (Phi) is 3.86. The summed E-state index contributed by atoms with van der Waals surface area (Å²) in [5.41, 5.74) is 7.92. The molecule has 0 amide bonds. The molecule has 0 saturated heterocycles. The van der Waals surface area contributed by atoms with Gasteiger partial charge in [0.1, 0.15) is 0 Å². The monoisotopic (exact) mass is 245 g/mol. The van der Waals surface area contributed by atoms with Crippen molar-refractivity contribution in [3.63, 3.8) is 0 Å². The van der Waals surface area contributed by atoms with Crippen molar-refractivity contribution in [1.82, 2.24) is 0 Å². The number of hydrogen-bond acceptors (Lipinski definition) is 2. The summed E-state index contributed by atoms with van der Waals surface area (Å²) in [7, 11) is 0. The number of carbonyl (C=O) groups excluding carboxylic acids is 1. The van der Waals surface area contributed by atoms with Gasteiger partial charge >= 0.3 is 0 Å². The van der Waals surface area contributed by atoms with Crippen LogP contribution in [0.2, 0.25) is 0 Å². The number of nitrogens with two attached hydrogens (primary N) is 1. The van der Waals surface area contributed by atoms with Crippen LogP contribution in [0, 0.1) is 5.41 Å². The van der Waals surface area contributed by atoms with Crippen molar-refractivity contribution in [2.75, 3.05) is 6.54 Å². The minimum Gasteiger partial charge on any atom is -0.324 e. The summed E-state index contributed by atoms with van der Waals surface area (Å²) in [5.74, 6) is 0.631. The minimum atomic E-state index is 0.0342. The van der Waals surface area contributed by atoms with E-state index in [1.165, 1.54) is 31.2 Å². The lowest BCUT2D eigenvalue weighted by Gasteiger charge is -2.35. The third-order valence-electron chi connectivity index (χ3n) is 4.07. The molecule has 0 aliphatic heterocycles. The Balaban J connectivity index is 2.20. The van der Waals surface area contributed by atoms with Crippen LogP contribution < -0.4 is 5.73 Å². The van der Waals surface area contributed by atoms with Crippen molar-refractivity contribution in [1.29, 1.82) is 0 Å². The first kappa shape index (κ1) is 13.3. The fraction of sp³-hybridized carbons (Fsp3) is 0.562. The Hall–Kier alpha value is -1.15. The smallest absolute Gasteiger partial charge is 0.176 e. The molecular formula is C16H23NO. The highest BCUT2D eigenvalue weighted by molar-refractivity contribution is 5.97. The van der Waals surface area contributed by atoms with Crippen molar-refractivity contribution < 1.29 is 4.79 Å². The van der Waals surface area contributed by atoms with Crippen molar-refractivity contribution in [3.05, 3.63) is 35.4 Å². The molecule has 1 aromatic rings. The zero-order valence-corrected chi connectivity index (χ0v) is 11.4. The second-order valence-electron chi connectivity index (χ2n) is 6.21. The molecule has 1 atom stereocenters.